The zero-order valence-corrected chi connectivity index (χ0v) is 34.3. The summed E-state index contributed by atoms with van der Waals surface area (Å²) in [5.74, 6) is -0.619. The standard InChI is InChI=1S/C44H83NO9/c1-3-5-7-9-11-13-15-17-18-19-20-21-23-24-26-28-30-32-37(47)36(35-53-44-42(51)41(50)40(49)39(34-46)54-44)45-43(52)38(48)33-31-29-27-25-22-16-14-12-10-8-6-4-2/h13,15,30,32,36-42,44,46-51H,3-12,14,16-29,31,33-35H2,1-2H3,(H,45,52)/b15-13-,32-30+/t36?,37-,38-,39?,40-,41?,42?,44-/m1/s1. The van der Waals surface area contributed by atoms with E-state index < -0.39 is 61.5 Å². The molecular formula is C44H83NO9. The zero-order chi connectivity index (χ0) is 39.7. The van der Waals surface area contributed by atoms with Crippen LogP contribution in [0.25, 0.3) is 0 Å². The van der Waals surface area contributed by atoms with Crippen molar-refractivity contribution < 1.29 is 44.9 Å². The van der Waals surface area contributed by atoms with E-state index in [0.29, 0.717) is 6.42 Å². The average molecular weight is 770 g/mol. The van der Waals surface area contributed by atoms with Crippen LogP contribution in [0.3, 0.4) is 0 Å². The van der Waals surface area contributed by atoms with Crippen molar-refractivity contribution in [1.82, 2.24) is 5.32 Å². The number of allylic oxidation sites excluding steroid dienone is 3. The van der Waals surface area contributed by atoms with E-state index in [1.807, 2.05) is 6.08 Å². The summed E-state index contributed by atoms with van der Waals surface area (Å²) in [6, 6.07) is -0.978. The molecule has 10 heteroatoms. The second-order valence-corrected chi connectivity index (χ2v) is 15.6. The van der Waals surface area contributed by atoms with Crippen molar-refractivity contribution >= 4 is 5.91 Å². The minimum Gasteiger partial charge on any atom is -0.394 e. The Hall–Kier alpha value is -1.37. The summed E-state index contributed by atoms with van der Waals surface area (Å²) in [7, 11) is 0. The van der Waals surface area contributed by atoms with Gasteiger partial charge in [-0.3, -0.25) is 4.79 Å². The fourth-order valence-corrected chi connectivity index (χ4v) is 6.92. The highest BCUT2D eigenvalue weighted by molar-refractivity contribution is 5.80. The third-order valence-corrected chi connectivity index (χ3v) is 10.6. The molecule has 0 aromatic rings. The molecule has 0 radical (unpaired) electrons. The van der Waals surface area contributed by atoms with Gasteiger partial charge in [0.05, 0.1) is 25.4 Å². The second-order valence-electron chi connectivity index (χ2n) is 15.6. The number of hydrogen-bond donors (Lipinski definition) is 7. The van der Waals surface area contributed by atoms with Crippen molar-refractivity contribution in [3.63, 3.8) is 0 Å². The molecule has 1 heterocycles. The molecule has 0 spiro atoms. The van der Waals surface area contributed by atoms with E-state index in [1.165, 1.54) is 122 Å². The van der Waals surface area contributed by atoms with Crippen LogP contribution in [0.1, 0.15) is 187 Å². The van der Waals surface area contributed by atoms with Gasteiger partial charge in [0.25, 0.3) is 0 Å². The predicted octanol–water partition coefficient (Wildman–Crippen LogP) is 7.69. The highest BCUT2D eigenvalue weighted by Gasteiger charge is 2.44. The minimum atomic E-state index is -1.61. The number of aliphatic hydroxyl groups excluding tert-OH is 6. The molecule has 10 nitrogen and oxygen atoms in total. The van der Waals surface area contributed by atoms with E-state index in [9.17, 15) is 35.4 Å². The first kappa shape index (κ1) is 50.6. The van der Waals surface area contributed by atoms with E-state index >= 15 is 0 Å². The van der Waals surface area contributed by atoms with Crippen molar-refractivity contribution in [2.75, 3.05) is 13.2 Å². The molecule has 0 saturated carbocycles. The first-order valence-corrected chi connectivity index (χ1v) is 22.2. The Kier molecular flexibility index (Phi) is 32.7. The summed E-state index contributed by atoms with van der Waals surface area (Å²) in [5, 5.41) is 64.5. The SMILES string of the molecule is CCCCCC/C=C\CCCCCCCCC/C=C/[C@@H](O)C(CO[C@@H]1OC(CO)[C@@H](O)C(O)C1O)NC(=O)[C@H](O)CCCCCCCCCCCCCC. The Morgan fingerprint density at radius 1 is 0.630 bits per heavy atom. The van der Waals surface area contributed by atoms with Crippen molar-refractivity contribution in [3.8, 4) is 0 Å². The lowest BCUT2D eigenvalue weighted by molar-refractivity contribution is -0.302. The number of unbranched alkanes of at least 4 members (excludes halogenated alkanes) is 23. The first-order chi connectivity index (χ1) is 26.3. The summed E-state index contributed by atoms with van der Waals surface area (Å²) < 4.78 is 11.1. The summed E-state index contributed by atoms with van der Waals surface area (Å²) in [5.41, 5.74) is 0. The van der Waals surface area contributed by atoms with Gasteiger partial charge in [0.15, 0.2) is 6.29 Å². The number of amides is 1. The largest absolute Gasteiger partial charge is 0.394 e. The van der Waals surface area contributed by atoms with Gasteiger partial charge in [-0.15, -0.1) is 0 Å². The fraction of sp³-hybridized carbons (Fsp3) is 0.886. The molecule has 1 aliphatic heterocycles. The van der Waals surface area contributed by atoms with Gasteiger partial charge in [0, 0.05) is 0 Å². The molecule has 0 bridgehead atoms. The maximum atomic E-state index is 13.0. The van der Waals surface area contributed by atoms with Crippen LogP contribution < -0.4 is 5.32 Å². The number of carbonyl (C=O) groups excluding carboxylic acids is 1. The lowest BCUT2D eigenvalue weighted by Crippen LogP contribution is -2.60. The lowest BCUT2D eigenvalue weighted by atomic mass is 9.99. The van der Waals surface area contributed by atoms with Crippen molar-refractivity contribution in [2.24, 2.45) is 0 Å². The van der Waals surface area contributed by atoms with E-state index in [1.54, 1.807) is 6.08 Å². The molecule has 54 heavy (non-hydrogen) atoms. The molecular weight excluding hydrogens is 686 g/mol. The van der Waals surface area contributed by atoms with Crippen LogP contribution in [-0.4, -0.2) is 98.7 Å². The van der Waals surface area contributed by atoms with Gasteiger partial charge in [0.1, 0.15) is 30.5 Å². The summed E-state index contributed by atoms with van der Waals surface area (Å²) >= 11 is 0. The van der Waals surface area contributed by atoms with E-state index in [-0.39, 0.29) is 6.61 Å². The maximum absolute atomic E-state index is 13.0. The van der Waals surface area contributed by atoms with E-state index in [0.717, 1.165) is 44.9 Å². The van der Waals surface area contributed by atoms with Crippen molar-refractivity contribution in [1.29, 1.82) is 0 Å². The number of hydrogen-bond acceptors (Lipinski definition) is 9. The number of ether oxygens (including phenoxy) is 2. The quantitative estimate of drug-likeness (QED) is 0.0250. The average Bonchev–Trinajstić information content (AvgIpc) is 3.17. The van der Waals surface area contributed by atoms with Gasteiger partial charge in [-0.05, 0) is 44.9 Å². The molecule has 0 aliphatic carbocycles. The lowest BCUT2D eigenvalue weighted by Gasteiger charge is -2.40. The smallest absolute Gasteiger partial charge is 0.249 e. The molecule has 1 fully saturated rings. The number of aliphatic hydroxyl groups is 6. The van der Waals surface area contributed by atoms with Crippen LogP contribution in [0.5, 0.6) is 0 Å². The van der Waals surface area contributed by atoms with Gasteiger partial charge >= 0.3 is 0 Å². The van der Waals surface area contributed by atoms with Crippen LogP contribution in [0.4, 0.5) is 0 Å². The van der Waals surface area contributed by atoms with Gasteiger partial charge < -0.3 is 45.4 Å². The molecule has 8 atom stereocenters. The first-order valence-electron chi connectivity index (χ1n) is 22.2. The Balaban J connectivity index is 2.45. The van der Waals surface area contributed by atoms with Gasteiger partial charge in [-0.1, -0.05) is 167 Å². The molecule has 318 valence electrons. The molecule has 1 saturated heterocycles. The van der Waals surface area contributed by atoms with Crippen LogP contribution in [-0.2, 0) is 14.3 Å². The Labute approximate surface area is 329 Å². The monoisotopic (exact) mass is 770 g/mol. The van der Waals surface area contributed by atoms with Crippen LogP contribution in [0.2, 0.25) is 0 Å². The van der Waals surface area contributed by atoms with E-state index in [4.69, 9.17) is 9.47 Å². The number of nitrogens with one attached hydrogen (secondary N) is 1. The highest BCUT2D eigenvalue weighted by atomic mass is 16.7. The molecule has 4 unspecified atom stereocenters. The molecule has 7 N–H and O–H groups in total. The molecule has 0 aromatic carbocycles. The van der Waals surface area contributed by atoms with E-state index in [2.05, 4.69) is 31.3 Å². The molecule has 0 aromatic heterocycles. The van der Waals surface area contributed by atoms with Crippen LogP contribution in [0.15, 0.2) is 24.3 Å². The Morgan fingerprint density at radius 3 is 1.57 bits per heavy atom. The van der Waals surface area contributed by atoms with Crippen LogP contribution in [0, 0.1) is 0 Å². The van der Waals surface area contributed by atoms with Crippen LogP contribution >= 0.6 is 0 Å². The Morgan fingerprint density at radius 2 is 1.07 bits per heavy atom. The highest BCUT2D eigenvalue weighted by Crippen LogP contribution is 2.22. The normalized spacial score (nSPS) is 22.3. The summed E-state index contributed by atoms with van der Waals surface area (Å²) in [6.07, 6.45) is 29.7. The molecule has 1 rings (SSSR count). The maximum Gasteiger partial charge on any atom is 0.249 e. The number of carbonyl (C=O) groups is 1. The minimum absolute atomic E-state index is 0.306. The predicted molar refractivity (Wildman–Crippen MR) is 218 cm³/mol. The fourth-order valence-electron chi connectivity index (χ4n) is 6.92. The zero-order valence-electron chi connectivity index (χ0n) is 34.3. The topological polar surface area (TPSA) is 169 Å². The Bertz CT molecular complexity index is 916. The number of rotatable bonds is 36. The van der Waals surface area contributed by atoms with Crippen molar-refractivity contribution in [2.45, 2.75) is 236 Å². The molecule has 1 aliphatic rings. The summed E-state index contributed by atoms with van der Waals surface area (Å²) in [4.78, 5) is 13.0. The van der Waals surface area contributed by atoms with Gasteiger partial charge in [-0.2, -0.15) is 0 Å². The second kappa shape index (κ2) is 34.8. The van der Waals surface area contributed by atoms with Gasteiger partial charge in [0.2, 0.25) is 5.91 Å². The molecule has 1 amide bonds. The third-order valence-electron chi connectivity index (χ3n) is 10.6. The third kappa shape index (κ3) is 25.0. The van der Waals surface area contributed by atoms with Crippen molar-refractivity contribution in [3.05, 3.63) is 24.3 Å². The summed E-state index contributed by atoms with van der Waals surface area (Å²) in [6.45, 7) is 3.57. The van der Waals surface area contributed by atoms with Gasteiger partial charge in [-0.25, -0.2) is 0 Å².